The molecule has 2 amide bonds. The van der Waals surface area contributed by atoms with Gasteiger partial charge in [0.1, 0.15) is 0 Å². The van der Waals surface area contributed by atoms with Crippen LogP contribution in [0.5, 0.6) is 0 Å². The van der Waals surface area contributed by atoms with Crippen molar-refractivity contribution in [1.29, 1.82) is 0 Å². The maximum atomic E-state index is 13.0. The first kappa shape index (κ1) is 19.4. The van der Waals surface area contributed by atoms with Crippen LogP contribution in [0.15, 0.2) is 53.3 Å². The van der Waals surface area contributed by atoms with Crippen molar-refractivity contribution >= 4 is 28.2 Å². The molecule has 1 fully saturated rings. The van der Waals surface area contributed by atoms with Gasteiger partial charge in [0, 0.05) is 38.9 Å². The highest BCUT2D eigenvalue weighted by atomic mass is 32.1. The molecule has 4 heterocycles. The third-order valence-electron chi connectivity index (χ3n) is 4.86. The third kappa shape index (κ3) is 4.55. The van der Waals surface area contributed by atoms with Crippen LogP contribution >= 0.6 is 11.3 Å². The van der Waals surface area contributed by atoms with E-state index in [1.165, 1.54) is 17.6 Å². The average molecular weight is 410 g/mol. The Balaban J connectivity index is 1.35. The molecular weight excluding hydrogens is 388 g/mol. The first-order valence-corrected chi connectivity index (χ1v) is 10.3. The summed E-state index contributed by atoms with van der Waals surface area (Å²) in [5.74, 6) is -0.0603. The van der Waals surface area contributed by atoms with Gasteiger partial charge in [-0.1, -0.05) is 6.07 Å². The summed E-state index contributed by atoms with van der Waals surface area (Å²) < 4.78 is 5.11. The number of furan rings is 1. The lowest BCUT2D eigenvalue weighted by Crippen LogP contribution is -2.48. The second-order valence-electron chi connectivity index (χ2n) is 6.94. The van der Waals surface area contributed by atoms with Crippen LogP contribution in [0.2, 0.25) is 0 Å². The zero-order valence-corrected chi connectivity index (χ0v) is 16.9. The van der Waals surface area contributed by atoms with Gasteiger partial charge < -0.3 is 14.6 Å². The fourth-order valence-electron chi connectivity index (χ4n) is 3.31. The molecule has 0 spiro atoms. The number of hydrogen-bond donors (Lipinski definition) is 1. The Kier molecular flexibility index (Phi) is 5.73. The van der Waals surface area contributed by atoms with Gasteiger partial charge in [0.15, 0.2) is 5.76 Å². The molecule has 0 saturated carbocycles. The van der Waals surface area contributed by atoms with Crippen molar-refractivity contribution in [3.63, 3.8) is 0 Å². The predicted octanol–water partition coefficient (Wildman–Crippen LogP) is 3.25. The molecule has 0 bridgehead atoms. The SMILES string of the molecule is Cc1cc(NC(=O)c2ccco2)sc1C(=O)N1CCN(Cc2ccccn2)CC1. The van der Waals surface area contributed by atoms with Crippen molar-refractivity contribution < 1.29 is 14.0 Å². The van der Waals surface area contributed by atoms with Gasteiger partial charge in [-0.05, 0) is 42.8 Å². The van der Waals surface area contributed by atoms with E-state index in [-0.39, 0.29) is 17.6 Å². The van der Waals surface area contributed by atoms with E-state index in [0.29, 0.717) is 23.0 Å². The maximum Gasteiger partial charge on any atom is 0.291 e. The molecule has 0 atom stereocenters. The molecule has 3 aromatic rings. The minimum Gasteiger partial charge on any atom is -0.459 e. The summed E-state index contributed by atoms with van der Waals surface area (Å²) in [6.45, 7) is 5.67. The van der Waals surface area contributed by atoms with E-state index in [2.05, 4.69) is 15.2 Å². The van der Waals surface area contributed by atoms with E-state index in [1.54, 1.807) is 18.3 Å². The van der Waals surface area contributed by atoms with Crippen LogP contribution in [-0.2, 0) is 6.54 Å². The molecule has 3 aromatic heterocycles. The molecule has 1 N–H and O–H groups in total. The summed E-state index contributed by atoms with van der Waals surface area (Å²) in [5, 5.41) is 3.44. The number of aromatic nitrogens is 1. The Hall–Kier alpha value is -2.97. The second-order valence-corrected chi connectivity index (χ2v) is 8.00. The Morgan fingerprint density at radius 1 is 1.17 bits per heavy atom. The smallest absolute Gasteiger partial charge is 0.291 e. The molecule has 0 aliphatic carbocycles. The molecule has 7 nitrogen and oxygen atoms in total. The van der Waals surface area contributed by atoms with E-state index in [0.717, 1.165) is 30.9 Å². The molecule has 0 radical (unpaired) electrons. The average Bonchev–Trinajstić information content (AvgIpc) is 3.39. The summed E-state index contributed by atoms with van der Waals surface area (Å²) in [6, 6.07) is 11.0. The van der Waals surface area contributed by atoms with Gasteiger partial charge in [-0.25, -0.2) is 0 Å². The number of nitrogens with one attached hydrogen (secondary N) is 1. The zero-order chi connectivity index (χ0) is 20.2. The lowest BCUT2D eigenvalue weighted by Gasteiger charge is -2.34. The molecule has 1 saturated heterocycles. The van der Waals surface area contributed by atoms with Crippen LogP contribution in [0.4, 0.5) is 5.00 Å². The van der Waals surface area contributed by atoms with E-state index in [1.807, 2.05) is 36.1 Å². The summed E-state index contributed by atoms with van der Waals surface area (Å²) >= 11 is 1.30. The Bertz CT molecular complexity index is 977. The van der Waals surface area contributed by atoms with Crippen LogP contribution in [0.1, 0.15) is 31.5 Å². The molecule has 0 unspecified atom stereocenters. The molecule has 4 rings (SSSR count). The summed E-state index contributed by atoms with van der Waals surface area (Å²) in [6.07, 6.45) is 3.26. The van der Waals surface area contributed by atoms with Crippen LogP contribution in [0, 0.1) is 6.92 Å². The van der Waals surface area contributed by atoms with Gasteiger partial charge >= 0.3 is 0 Å². The minimum absolute atomic E-state index is 0.0171. The molecule has 29 heavy (non-hydrogen) atoms. The number of aryl methyl sites for hydroxylation is 1. The number of anilines is 1. The van der Waals surface area contributed by atoms with Gasteiger partial charge in [0.25, 0.3) is 11.8 Å². The fourth-order valence-corrected chi connectivity index (χ4v) is 4.35. The highest BCUT2D eigenvalue weighted by molar-refractivity contribution is 7.18. The van der Waals surface area contributed by atoms with E-state index >= 15 is 0 Å². The summed E-state index contributed by atoms with van der Waals surface area (Å²) in [7, 11) is 0. The normalized spacial score (nSPS) is 14.7. The number of thiophene rings is 1. The first-order valence-electron chi connectivity index (χ1n) is 9.47. The van der Waals surface area contributed by atoms with Gasteiger partial charge in [-0.2, -0.15) is 0 Å². The van der Waals surface area contributed by atoms with Gasteiger partial charge in [-0.15, -0.1) is 11.3 Å². The molecule has 1 aliphatic heterocycles. The van der Waals surface area contributed by atoms with Crippen LogP contribution in [0.3, 0.4) is 0 Å². The van der Waals surface area contributed by atoms with Crippen molar-refractivity contribution in [2.75, 3.05) is 31.5 Å². The standard InChI is InChI=1S/C21H22N4O3S/c1-15-13-18(23-20(26)17-6-4-12-28-17)29-19(15)21(27)25-10-8-24(9-11-25)14-16-5-2-3-7-22-16/h2-7,12-13H,8-11,14H2,1H3,(H,23,26). The van der Waals surface area contributed by atoms with Gasteiger partial charge in [0.05, 0.1) is 21.8 Å². The van der Waals surface area contributed by atoms with E-state index in [9.17, 15) is 9.59 Å². The number of pyridine rings is 1. The number of piperazine rings is 1. The predicted molar refractivity (Wildman–Crippen MR) is 111 cm³/mol. The van der Waals surface area contributed by atoms with Crippen LogP contribution < -0.4 is 5.32 Å². The van der Waals surface area contributed by atoms with Crippen molar-refractivity contribution in [3.8, 4) is 0 Å². The minimum atomic E-state index is -0.321. The number of rotatable bonds is 5. The monoisotopic (exact) mass is 410 g/mol. The van der Waals surface area contributed by atoms with Crippen molar-refractivity contribution in [2.45, 2.75) is 13.5 Å². The molecular formula is C21H22N4O3S. The Morgan fingerprint density at radius 3 is 2.69 bits per heavy atom. The number of nitrogens with zero attached hydrogens (tertiary/aromatic N) is 3. The largest absolute Gasteiger partial charge is 0.459 e. The number of hydrogen-bond acceptors (Lipinski definition) is 6. The Morgan fingerprint density at radius 2 is 2.00 bits per heavy atom. The topological polar surface area (TPSA) is 78.7 Å². The molecule has 8 heteroatoms. The van der Waals surface area contributed by atoms with Gasteiger partial charge in [-0.3, -0.25) is 19.5 Å². The zero-order valence-electron chi connectivity index (χ0n) is 16.1. The van der Waals surface area contributed by atoms with Crippen molar-refractivity contribution in [2.24, 2.45) is 0 Å². The number of amides is 2. The molecule has 150 valence electrons. The fraction of sp³-hybridized carbons (Fsp3) is 0.286. The summed E-state index contributed by atoms with van der Waals surface area (Å²) in [4.78, 5) is 34.4. The maximum absolute atomic E-state index is 13.0. The van der Waals surface area contributed by atoms with Crippen LogP contribution in [0.25, 0.3) is 0 Å². The number of carbonyl (C=O) groups excluding carboxylic acids is 2. The lowest BCUT2D eigenvalue weighted by molar-refractivity contribution is 0.0631. The van der Waals surface area contributed by atoms with Crippen LogP contribution in [-0.4, -0.2) is 52.8 Å². The van der Waals surface area contributed by atoms with Crippen molar-refractivity contribution in [3.05, 3.63) is 70.8 Å². The Labute approximate surface area is 173 Å². The lowest BCUT2D eigenvalue weighted by atomic mass is 10.2. The van der Waals surface area contributed by atoms with Gasteiger partial charge in [0.2, 0.25) is 0 Å². The highest BCUT2D eigenvalue weighted by Crippen LogP contribution is 2.28. The molecule has 0 aromatic carbocycles. The summed E-state index contributed by atoms with van der Waals surface area (Å²) in [5.41, 5.74) is 1.91. The quantitative estimate of drug-likeness (QED) is 0.699. The second kappa shape index (κ2) is 8.59. The highest BCUT2D eigenvalue weighted by Gasteiger charge is 2.25. The third-order valence-corrected chi connectivity index (χ3v) is 6.01. The number of carbonyl (C=O) groups is 2. The van der Waals surface area contributed by atoms with E-state index < -0.39 is 0 Å². The van der Waals surface area contributed by atoms with E-state index in [4.69, 9.17) is 4.42 Å². The van der Waals surface area contributed by atoms with Crippen molar-refractivity contribution in [1.82, 2.24) is 14.8 Å². The first-order chi connectivity index (χ1) is 14.1. The molecule has 1 aliphatic rings.